The summed E-state index contributed by atoms with van der Waals surface area (Å²) in [7, 11) is 0. The lowest BCUT2D eigenvalue weighted by Gasteiger charge is -2.15. The second-order valence-corrected chi connectivity index (χ2v) is 10.8. The summed E-state index contributed by atoms with van der Waals surface area (Å²) in [5, 5.41) is 4.89. The number of imidazole rings is 2. The molecule has 0 spiro atoms. The third kappa shape index (κ3) is 3.49. The SMILES string of the molecule is Clc1ccc(C(c2nc(-c3cccs3)n3ccccc23)c2nc(-c3cccs3)n3ccccc23)cc1. The lowest BCUT2D eigenvalue weighted by molar-refractivity contribution is 0.917. The Balaban J connectivity index is 1.55. The van der Waals surface area contributed by atoms with Crippen LogP contribution >= 0.6 is 34.3 Å². The Morgan fingerprint density at radius 1 is 0.611 bits per heavy atom. The lowest BCUT2D eigenvalue weighted by Crippen LogP contribution is -2.06. The molecule has 0 atom stereocenters. The molecule has 0 aliphatic carbocycles. The molecule has 36 heavy (non-hydrogen) atoms. The minimum absolute atomic E-state index is 0.181. The van der Waals surface area contributed by atoms with E-state index in [-0.39, 0.29) is 5.92 Å². The van der Waals surface area contributed by atoms with Gasteiger partial charge in [-0.15, -0.1) is 22.7 Å². The van der Waals surface area contributed by atoms with E-state index in [4.69, 9.17) is 21.6 Å². The molecule has 0 saturated carbocycles. The van der Waals surface area contributed by atoms with Crippen LogP contribution in [0.2, 0.25) is 5.02 Å². The normalized spacial score (nSPS) is 11.7. The summed E-state index contributed by atoms with van der Waals surface area (Å²) in [5.41, 5.74) is 5.18. The predicted molar refractivity (Wildman–Crippen MR) is 149 cm³/mol. The number of hydrogen-bond acceptors (Lipinski definition) is 4. The molecule has 0 N–H and O–H groups in total. The summed E-state index contributed by atoms with van der Waals surface area (Å²) in [4.78, 5) is 12.8. The highest BCUT2D eigenvalue weighted by molar-refractivity contribution is 7.13. The molecule has 0 aliphatic heterocycles. The van der Waals surface area contributed by atoms with Crippen molar-refractivity contribution in [3.63, 3.8) is 0 Å². The maximum Gasteiger partial charge on any atom is 0.154 e. The lowest BCUT2D eigenvalue weighted by atomic mass is 9.91. The molecule has 174 valence electrons. The number of halogens is 1. The Morgan fingerprint density at radius 2 is 1.14 bits per heavy atom. The van der Waals surface area contributed by atoms with Crippen molar-refractivity contribution in [1.82, 2.24) is 18.8 Å². The van der Waals surface area contributed by atoms with Crippen molar-refractivity contribution in [2.45, 2.75) is 5.92 Å². The van der Waals surface area contributed by atoms with E-state index in [2.05, 4.69) is 92.6 Å². The van der Waals surface area contributed by atoms with E-state index >= 15 is 0 Å². The van der Waals surface area contributed by atoms with Gasteiger partial charge in [0.25, 0.3) is 0 Å². The topological polar surface area (TPSA) is 34.6 Å². The molecule has 7 aromatic rings. The zero-order chi connectivity index (χ0) is 24.1. The average molecular weight is 523 g/mol. The first-order valence-corrected chi connectivity index (χ1v) is 13.7. The first-order chi connectivity index (χ1) is 17.8. The van der Waals surface area contributed by atoms with Gasteiger partial charge in [-0.25, -0.2) is 9.97 Å². The molecule has 0 amide bonds. The Hall–Kier alpha value is -3.71. The second kappa shape index (κ2) is 8.75. The summed E-state index contributed by atoms with van der Waals surface area (Å²) in [6.07, 6.45) is 4.17. The van der Waals surface area contributed by atoms with Gasteiger partial charge in [0, 0.05) is 17.4 Å². The Labute approximate surface area is 220 Å². The monoisotopic (exact) mass is 522 g/mol. The molecule has 0 bridgehead atoms. The standard InChI is InChI=1S/C29H19ClN4S2/c30-20-13-11-19(12-14-20)25(26-21-7-1-3-15-33(21)28(31-26)23-9-5-17-35-23)27-22-8-2-4-16-34(22)29(32-27)24-10-6-18-36-24/h1-18,25H. The molecule has 0 saturated heterocycles. The second-order valence-electron chi connectivity index (χ2n) is 8.49. The van der Waals surface area contributed by atoms with E-state index in [9.17, 15) is 0 Å². The van der Waals surface area contributed by atoms with Gasteiger partial charge in [0.2, 0.25) is 0 Å². The summed E-state index contributed by atoms with van der Waals surface area (Å²) in [6, 6.07) is 29.0. The van der Waals surface area contributed by atoms with E-state index in [1.807, 2.05) is 24.3 Å². The Kier molecular flexibility index (Phi) is 5.24. The third-order valence-corrected chi connectivity index (χ3v) is 8.37. The highest BCUT2D eigenvalue weighted by atomic mass is 35.5. The van der Waals surface area contributed by atoms with Crippen molar-refractivity contribution in [2.24, 2.45) is 0 Å². The van der Waals surface area contributed by atoms with E-state index < -0.39 is 0 Å². The minimum Gasteiger partial charge on any atom is -0.299 e. The van der Waals surface area contributed by atoms with Gasteiger partial charge in [0.05, 0.1) is 38.1 Å². The van der Waals surface area contributed by atoms with E-state index in [1.54, 1.807) is 22.7 Å². The molecule has 0 radical (unpaired) electrons. The molecule has 1 aromatic carbocycles. The maximum absolute atomic E-state index is 6.31. The fourth-order valence-corrected chi connectivity index (χ4v) is 6.35. The van der Waals surface area contributed by atoms with Crippen LogP contribution < -0.4 is 0 Å². The van der Waals surface area contributed by atoms with Gasteiger partial charge in [-0.05, 0) is 64.9 Å². The van der Waals surface area contributed by atoms with Gasteiger partial charge in [-0.1, -0.05) is 48.0 Å². The predicted octanol–water partition coefficient (Wildman–Crippen LogP) is 8.27. The van der Waals surface area contributed by atoms with Gasteiger partial charge in [-0.3, -0.25) is 8.80 Å². The molecule has 7 rings (SSSR count). The minimum atomic E-state index is -0.181. The summed E-state index contributed by atoms with van der Waals surface area (Å²) >= 11 is 9.70. The van der Waals surface area contributed by atoms with Crippen molar-refractivity contribution in [2.75, 3.05) is 0 Å². The maximum atomic E-state index is 6.31. The summed E-state index contributed by atoms with van der Waals surface area (Å²) in [6.45, 7) is 0. The molecule has 6 heterocycles. The van der Waals surface area contributed by atoms with Crippen LogP contribution in [0.3, 0.4) is 0 Å². The zero-order valence-electron chi connectivity index (χ0n) is 19.0. The van der Waals surface area contributed by atoms with Gasteiger partial charge in [0.15, 0.2) is 11.6 Å². The molecule has 7 heteroatoms. The molecular formula is C29H19ClN4S2. The van der Waals surface area contributed by atoms with Gasteiger partial charge in [-0.2, -0.15) is 0 Å². The molecule has 0 fully saturated rings. The number of thiophene rings is 2. The first kappa shape index (κ1) is 21.6. The number of nitrogens with zero attached hydrogens (tertiary/aromatic N) is 4. The summed E-state index contributed by atoms with van der Waals surface area (Å²) < 4.78 is 4.37. The first-order valence-electron chi connectivity index (χ1n) is 11.5. The van der Waals surface area contributed by atoms with Crippen LogP contribution in [0.1, 0.15) is 22.9 Å². The number of pyridine rings is 2. The molecule has 6 aromatic heterocycles. The van der Waals surface area contributed by atoms with E-state index in [1.165, 1.54) is 0 Å². The van der Waals surface area contributed by atoms with E-state index in [0.29, 0.717) is 5.02 Å². The van der Waals surface area contributed by atoms with Crippen LogP contribution in [0.15, 0.2) is 108 Å². The van der Waals surface area contributed by atoms with Crippen LogP contribution in [0.25, 0.3) is 32.4 Å². The summed E-state index contributed by atoms with van der Waals surface area (Å²) in [5.74, 6) is 1.70. The number of hydrogen-bond donors (Lipinski definition) is 0. The largest absolute Gasteiger partial charge is 0.299 e. The smallest absolute Gasteiger partial charge is 0.154 e. The van der Waals surface area contributed by atoms with Gasteiger partial charge in [0.1, 0.15) is 0 Å². The quantitative estimate of drug-likeness (QED) is 0.228. The van der Waals surface area contributed by atoms with E-state index in [0.717, 1.165) is 49.4 Å². The number of fused-ring (bicyclic) bond motifs is 2. The van der Waals surface area contributed by atoms with Crippen LogP contribution in [0.4, 0.5) is 0 Å². The number of aromatic nitrogens is 4. The fraction of sp³-hybridized carbons (Fsp3) is 0.0345. The number of rotatable bonds is 5. The van der Waals surface area contributed by atoms with Gasteiger partial charge >= 0.3 is 0 Å². The van der Waals surface area contributed by atoms with Crippen LogP contribution in [-0.2, 0) is 0 Å². The zero-order valence-corrected chi connectivity index (χ0v) is 21.3. The van der Waals surface area contributed by atoms with Crippen molar-refractivity contribution in [1.29, 1.82) is 0 Å². The Morgan fingerprint density at radius 3 is 1.61 bits per heavy atom. The van der Waals surface area contributed by atoms with Crippen molar-refractivity contribution >= 4 is 45.3 Å². The fourth-order valence-electron chi connectivity index (χ4n) is 4.81. The average Bonchev–Trinajstić information content (AvgIpc) is 3.72. The molecule has 0 aliphatic rings. The highest BCUT2D eigenvalue weighted by Gasteiger charge is 2.29. The van der Waals surface area contributed by atoms with Gasteiger partial charge < -0.3 is 0 Å². The highest BCUT2D eigenvalue weighted by Crippen LogP contribution is 2.40. The van der Waals surface area contributed by atoms with Crippen molar-refractivity contribution in [3.8, 4) is 21.4 Å². The molecule has 4 nitrogen and oxygen atoms in total. The van der Waals surface area contributed by atoms with Crippen LogP contribution in [0.5, 0.6) is 0 Å². The Bertz CT molecular complexity index is 1680. The van der Waals surface area contributed by atoms with Crippen molar-refractivity contribution in [3.05, 3.63) is 130 Å². The van der Waals surface area contributed by atoms with Crippen LogP contribution in [0, 0.1) is 0 Å². The molecular weight excluding hydrogens is 504 g/mol. The molecule has 0 unspecified atom stereocenters. The third-order valence-electron chi connectivity index (χ3n) is 6.39. The number of benzene rings is 1. The van der Waals surface area contributed by atoms with Crippen molar-refractivity contribution < 1.29 is 0 Å². The van der Waals surface area contributed by atoms with Crippen LogP contribution in [-0.4, -0.2) is 18.8 Å².